The summed E-state index contributed by atoms with van der Waals surface area (Å²) in [7, 11) is 0. The molecule has 0 spiro atoms. The Bertz CT molecular complexity index is 50.2. The van der Waals surface area contributed by atoms with Gasteiger partial charge in [0.1, 0.15) is 0 Å². The zero-order valence-corrected chi connectivity index (χ0v) is 14.0. The third-order valence-electron chi connectivity index (χ3n) is 1.02. The Hall–Kier alpha value is 0.634. The zero-order chi connectivity index (χ0) is 13.7. The number of hydrogen-bond donors (Lipinski definition) is 2. The number of aliphatic hydroxyl groups excluding tert-OH is 2. The topological polar surface area (TPSA) is 40.5 Å². The Kier molecular flexibility index (Phi) is 98.1. The van der Waals surface area contributed by atoms with Crippen LogP contribution in [0.15, 0.2) is 0 Å². The van der Waals surface area contributed by atoms with E-state index in [0.717, 1.165) is 38.5 Å². The van der Waals surface area contributed by atoms with Crippen LogP contribution in [-0.4, -0.2) is 23.4 Å². The van der Waals surface area contributed by atoms with E-state index in [-0.39, 0.29) is 21.7 Å². The van der Waals surface area contributed by atoms with Gasteiger partial charge in [0.2, 0.25) is 0 Å². The van der Waals surface area contributed by atoms with Crippen molar-refractivity contribution in [2.45, 2.75) is 66.2 Å². The minimum Gasteiger partial charge on any atom is -0.396 e. The standard InChI is InChI=1S/2C4H10O.2C3H7.Ti/c2*1-2-3-4-5;2*1-3-2;/h2*5H,2-4H2,1H3;2*1,3H2,2H3;/q;;2*-1;+2. The summed E-state index contributed by atoms with van der Waals surface area (Å²) in [5, 5.41) is 16.1. The summed E-state index contributed by atoms with van der Waals surface area (Å²) in [4.78, 5) is 0. The summed E-state index contributed by atoms with van der Waals surface area (Å²) in [5.74, 6) is 0. The molecule has 0 aliphatic rings. The van der Waals surface area contributed by atoms with E-state index in [0.29, 0.717) is 13.2 Å². The number of hydrogen-bond acceptors (Lipinski definition) is 2. The molecule has 2 nitrogen and oxygen atoms in total. The maximum atomic E-state index is 8.07. The molecule has 2 N–H and O–H groups in total. The van der Waals surface area contributed by atoms with E-state index in [1.54, 1.807) is 0 Å². The van der Waals surface area contributed by atoms with E-state index >= 15 is 0 Å². The van der Waals surface area contributed by atoms with E-state index < -0.39 is 0 Å². The van der Waals surface area contributed by atoms with Crippen LogP contribution in [-0.2, 0) is 21.7 Å². The van der Waals surface area contributed by atoms with Gasteiger partial charge in [-0.2, -0.15) is 12.8 Å². The van der Waals surface area contributed by atoms with E-state index in [9.17, 15) is 0 Å². The van der Waals surface area contributed by atoms with Crippen molar-refractivity contribution < 1.29 is 31.9 Å². The van der Waals surface area contributed by atoms with Gasteiger partial charge in [-0.3, -0.25) is 0 Å². The van der Waals surface area contributed by atoms with Crippen LogP contribution in [0.25, 0.3) is 0 Å². The second-order valence-electron chi connectivity index (χ2n) is 3.15. The Balaban J connectivity index is -0.0000000381. The molecule has 0 rings (SSSR count). The van der Waals surface area contributed by atoms with Gasteiger partial charge in [0.25, 0.3) is 0 Å². The van der Waals surface area contributed by atoms with Crippen molar-refractivity contribution in [3.05, 3.63) is 13.8 Å². The summed E-state index contributed by atoms with van der Waals surface area (Å²) in [6.07, 6.45) is 6.08. The van der Waals surface area contributed by atoms with Crippen LogP contribution in [0.5, 0.6) is 0 Å². The smallest absolute Gasteiger partial charge is 0.396 e. The van der Waals surface area contributed by atoms with Crippen LogP contribution in [0.1, 0.15) is 66.2 Å². The molecular formula is C14H34O2Ti. The fourth-order valence-corrected chi connectivity index (χ4v) is 0.316. The molecule has 0 aliphatic carbocycles. The summed E-state index contributed by atoms with van der Waals surface area (Å²) < 4.78 is 0. The van der Waals surface area contributed by atoms with Crippen LogP contribution in [0, 0.1) is 13.8 Å². The van der Waals surface area contributed by atoms with Gasteiger partial charge in [-0.05, 0) is 12.8 Å². The third-order valence-corrected chi connectivity index (χ3v) is 1.02. The van der Waals surface area contributed by atoms with Crippen molar-refractivity contribution in [2.75, 3.05) is 13.2 Å². The van der Waals surface area contributed by atoms with Gasteiger partial charge < -0.3 is 24.1 Å². The molecule has 0 heterocycles. The SMILES string of the molecule is CCCCO.CCCCO.[CH2-]CC.[CH2-]CC.[Ti+2]. The number of unbranched alkanes of at least 4 members (excludes halogenated alkanes) is 2. The van der Waals surface area contributed by atoms with E-state index in [4.69, 9.17) is 10.2 Å². The van der Waals surface area contributed by atoms with Crippen LogP contribution in [0.2, 0.25) is 0 Å². The van der Waals surface area contributed by atoms with Crippen molar-refractivity contribution in [2.24, 2.45) is 0 Å². The predicted octanol–water partition coefficient (Wildman–Crippen LogP) is 4.02. The molecule has 3 heteroatoms. The Morgan fingerprint density at radius 3 is 0.882 bits per heavy atom. The number of rotatable bonds is 4. The zero-order valence-electron chi connectivity index (χ0n) is 12.5. The second kappa shape index (κ2) is 54.5. The average Bonchev–Trinajstić information content (AvgIpc) is 2.23. The molecule has 0 aromatic heterocycles. The molecule has 0 unspecified atom stereocenters. The molecule has 0 bridgehead atoms. The summed E-state index contributed by atoms with van der Waals surface area (Å²) in [6, 6.07) is 0. The van der Waals surface area contributed by atoms with Gasteiger partial charge in [-0.1, -0.05) is 40.5 Å². The first-order valence-electron chi connectivity index (χ1n) is 6.46. The first kappa shape index (κ1) is 30.6. The van der Waals surface area contributed by atoms with Crippen molar-refractivity contribution in [1.82, 2.24) is 0 Å². The predicted molar refractivity (Wildman–Crippen MR) is 75.3 cm³/mol. The Morgan fingerprint density at radius 1 is 0.706 bits per heavy atom. The fourth-order valence-electron chi connectivity index (χ4n) is 0.316. The van der Waals surface area contributed by atoms with Gasteiger partial charge in [-0.25, -0.2) is 0 Å². The molecule has 0 aliphatic heterocycles. The molecule has 0 amide bonds. The van der Waals surface area contributed by atoms with Gasteiger partial charge in [0, 0.05) is 13.2 Å². The fraction of sp³-hybridized carbons (Fsp3) is 0.857. The summed E-state index contributed by atoms with van der Waals surface area (Å²) in [6.45, 7) is 15.8. The van der Waals surface area contributed by atoms with Gasteiger partial charge in [-0.15, -0.1) is 0 Å². The molecule has 0 atom stereocenters. The molecular weight excluding hydrogens is 248 g/mol. The molecule has 0 aromatic carbocycles. The van der Waals surface area contributed by atoms with Gasteiger partial charge in [0.05, 0.1) is 0 Å². The van der Waals surface area contributed by atoms with Crippen LogP contribution in [0.3, 0.4) is 0 Å². The van der Waals surface area contributed by atoms with Gasteiger partial charge >= 0.3 is 21.7 Å². The van der Waals surface area contributed by atoms with Crippen molar-refractivity contribution in [3.8, 4) is 0 Å². The van der Waals surface area contributed by atoms with Crippen LogP contribution >= 0.6 is 0 Å². The largest absolute Gasteiger partial charge is 2.00 e. The monoisotopic (exact) mass is 282 g/mol. The maximum absolute atomic E-state index is 8.07. The van der Waals surface area contributed by atoms with Crippen molar-refractivity contribution in [3.63, 3.8) is 0 Å². The molecule has 106 valence electrons. The molecule has 0 saturated heterocycles. The number of aliphatic hydroxyl groups is 2. The third kappa shape index (κ3) is 166. The van der Waals surface area contributed by atoms with Crippen LogP contribution < -0.4 is 0 Å². The van der Waals surface area contributed by atoms with E-state index in [1.165, 1.54) is 0 Å². The van der Waals surface area contributed by atoms with E-state index in [1.807, 2.05) is 13.8 Å². The minimum atomic E-state index is 0. The molecule has 0 fully saturated rings. The Morgan fingerprint density at radius 2 is 0.882 bits per heavy atom. The molecule has 0 aromatic rings. The van der Waals surface area contributed by atoms with Gasteiger partial charge in [0.15, 0.2) is 0 Å². The average molecular weight is 282 g/mol. The molecule has 0 saturated carbocycles. The maximum Gasteiger partial charge on any atom is 2.00 e. The van der Waals surface area contributed by atoms with Crippen LogP contribution in [0.4, 0.5) is 0 Å². The Labute approximate surface area is 125 Å². The summed E-state index contributed by atoms with van der Waals surface area (Å²) in [5.41, 5.74) is 0. The quantitative estimate of drug-likeness (QED) is 0.604. The van der Waals surface area contributed by atoms with E-state index in [2.05, 4.69) is 27.7 Å². The first-order chi connectivity index (χ1) is 7.66. The van der Waals surface area contributed by atoms with Crippen molar-refractivity contribution in [1.29, 1.82) is 0 Å². The first-order valence-corrected chi connectivity index (χ1v) is 6.46. The molecule has 17 heavy (non-hydrogen) atoms. The normalized spacial score (nSPS) is 7.06. The second-order valence-corrected chi connectivity index (χ2v) is 3.15. The minimum absolute atomic E-state index is 0. The summed E-state index contributed by atoms with van der Waals surface area (Å²) >= 11 is 0. The van der Waals surface area contributed by atoms with Crippen molar-refractivity contribution >= 4 is 0 Å². The molecule has 0 radical (unpaired) electrons.